The van der Waals surface area contributed by atoms with Crippen LogP contribution in [0.4, 0.5) is 0 Å². The number of hydrogen-bond donors (Lipinski definition) is 1. The van der Waals surface area contributed by atoms with Crippen LogP contribution in [0.1, 0.15) is 36.3 Å². The molecule has 1 N–H and O–H groups in total. The molecular formula is C15H22N4. The van der Waals surface area contributed by atoms with Crippen molar-refractivity contribution in [3.8, 4) is 0 Å². The molecule has 0 aliphatic heterocycles. The molecule has 0 aliphatic carbocycles. The van der Waals surface area contributed by atoms with Crippen LogP contribution in [0.2, 0.25) is 0 Å². The number of aromatic nitrogens is 3. The van der Waals surface area contributed by atoms with Crippen LogP contribution in [-0.4, -0.2) is 21.3 Å². The lowest BCUT2D eigenvalue weighted by Gasteiger charge is -2.18. The summed E-state index contributed by atoms with van der Waals surface area (Å²) in [5.41, 5.74) is 3.45. The molecule has 0 bridgehead atoms. The number of nitrogens with one attached hydrogen (secondary N) is 1. The SMILES string of the molecule is CCCNC(Cc1ccn(C)n1)c1ncccc1C. The molecule has 1 unspecified atom stereocenters. The first-order valence-electron chi connectivity index (χ1n) is 6.84. The van der Waals surface area contributed by atoms with Gasteiger partial charge in [-0.1, -0.05) is 13.0 Å². The first-order valence-corrected chi connectivity index (χ1v) is 6.84. The molecule has 0 aromatic carbocycles. The third-order valence-electron chi connectivity index (χ3n) is 3.20. The van der Waals surface area contributed by atoms with Crippen LogP contribution < -0.4 is 5.32 Å². The highest BCUT2D eigenvalue weighted by Gasteiger charge is 2.16. The zero-order valence-corrected chi connectivity index (χ0v) is 11.9. The lowest BCUT2D eigenvalue weighted by molar-refractivity contribution is 0.508. The first-order chi connectivity index (χ1) is 9.20. The van der Waals surface area contributed by atoms with E-state index in [-0.39, 0.29) is 6.04 Å². The van der Waals surface area contributed by atoms with Crippen LogP contribution in [0.25, 0.3) is 0 Å². The van der Waals surface area contributed by atoms with Crippen LogP contribution in [0, 0.1) is 6.92 Å². The second kappa shape index (κ2) is 6.48. The van der Waals surface area contributed by atoms with Crippen molar-refractivity contribution in [1.29, 1.82) is 0 Å². The van der Waals surface area contributed by atoms with Crippen molar-refractivity contribution in [3.63, 3.8) is 0 Å². The number of aryl methyl sites for hydroxylation is 2. The Bertz CT molecular complexity index is 518. The highest BCUT2D eigenvalue weighted by atomic mass is 15.2. The van der Waals surface area contributed by atoms with Crippen LogP contribution in [0.5, 0.6) is 0 Å². The fraction of sp³-hybridized carbons (Fsp3) is 0.467. The van der Waals surface area contributed by atoms with E-state index in [9.17, 15) is 0 Å². The Morgan fingerprint density at radius 2 is 2.21 bits per heavy atom. The van der Waals surface area contributed by atoms with Gasteiger partial charge in [0, 0.05) is 25.9 Å². The molecular weight excluding hydrogens is 236 g/mol. The maximum absolute atomic E-state index is 4.54. The topological polar surface area (TPSA) is 42.7 Å². The second-order valence-electron chi connectivity index (χ2n) is 4.90. The van der Waals surface area contributed by atoms with E-state index in [1.807, 2.05) is 30.2 Å². The fourth-order valence-corrected chi connectivity index (χ4v) is 2.23. The lowest BCUT2D eigenvalue weighted by Crippen LogP contribution is -2.26. The van der Waals surface area contributed by atoms with Crippen molar-refractivity contribution in [1.82, 2.24) is 20.1 Å². The summed E-state index contributed by atoms with van der Waals surface area (Å²) in [6, 6.07) is 6.40. The molecule has 2 heterocycles. The van der Waals surface area contributed by atoms with Gasteiger partial charge in [-0.15, -0.1) is 0 Å². The average Bonchev–Trinajstić information content (AvgIpc) is 2.81. The summed E-state index contributed by atoms with van der Waals surface area (Å²) in [6.07, 6.45) is 5.84. The minimum Gasteiger partial charge on any atom is -0.308 e. The molecule has 0 saturated heterocycles. The number of rotatable bonds is 6. The molecule has 2 aromatic heterocycles. The molecule has 102 valence electrons. The summed E-state index contributed by atoms with van der Waals surface area (Å²) >= 11 is 0. The van der Waals surface area contributed by atoms with Gasteiger partial charge in [0.15, 0.2) is 0 Å². The van der Waals surface area contributed by atoms with E-state index >= 15 is 0 Å². The molecule has 0 aliphatic rings. The van der Waals surface area contributed by atoms with Crippen molar-refractivity contribution >= 4 is 0 Å². The highest BCUT2D eigenvalue weighted by Crippen LogP contribution is 2.18. The van der Waals surface area contributed by atoms with E-state index in [2.05, 4.69) is 41.4 Å². The van der Waals surface area contributed by atoms with Gasteiger partial charge in [-0.05, 0) is 37.6 Å². The predicted molar refractivity (Wildman–Crippen MR) is 76.9 cm³/mol. The van der Waals surface area contributed by atoms with Gasteiger partial charge in [-0.25, -0.2) is 0 Å². The largest absolute Gasteiger partial charge is 0.308 e. The standard InChI is InChI=1S/C15H22N4/c1-4-8-16-14(11-13-7-10-19(3)18-13)15-12(2)6-5-9-17-15/h5-7,9-10,14,16H,4,8,11H2,1-3H3. The number of nitrogens with zero attached hydrogens (tertiary/aromatic N) is 3. The van der Waals surface area contributed by atoms with Gasteiger partial charge in [0.2, 0.25) is 0 Å². The summed E-state index contributed by atoms with van der Waals surface area (Å²) in [4.78, 5) is 4.54. The molecule has 2 rings (SSSR count). The zero-order valence-electron chi connectivity index (χ0n) is 11.9. The van der Waals surface area contributed by atoms with Gasteiger partial charge in [0.05, 0.1) is 17.4 Å². The van der Waals surface area contributed by atoms with Crippen molar-refractivity contribution in [2.45, 2.75) is 32.7 Å². The quantitative estimate of drug-likeness (QED) is 0.865. The highest BCUT2D eigenvalue weighted by molar-refractivity contribution is 5.22. The summed E-state index contributed by atoms with van der Waals surface area (Å²) in [7, 11) is 1.95. The van der Waals surface area contributed by atoms with Gasteiger partial charge in [-0.3, -0.25) is 9.67 Å². The van der Waals surface area contributed by atoms with Crippen LogP contribution in [-0.2, 0) is 13.5 Å². The Labute approximate surface area is 114 Å². The van der Waals surface area contributed by atoms with E-state index in [0.29, 0.717) is 0 Å². The van der Waals surface area contributed by atoms with Crippen molar-refractivity contribution < 1.29 is 0 Å². The molecule has 4 nitrogen and oxygen atoms in total. The molecule has 0 radical (unpaired) electrons. The molecule has 4 heteroatoms. The Morgan fingerprint density at radius 3 is 2.84 bits per heavy atom. The summed E-state index contributed by atoms with van der Waals surface area (Å²) in [6.45, 7) is 5.28. The predicted octanol–water partition coefficient (Wildman–Crippen LogP) is 2.41. The third kappa shape index (κ3) is 3.64. The number of pyridine rings is 1. The van der Waals surface area contributed by atoms with Crippen LogP contribution in [0.3, 0.4) is 0 Å². The summed E-state index contributed by atoms with van der Waals surface area (Å²) in [5.74, 6) is 0. The summed E-state index contributed by atoms with van der Waals surface area (Å²) in [5, 5.41) is 8.04. The third-order valence-corrected chi connectivity index (χ3v) is 3.20. The Morgan fingerprint density at radius 1 is 1.37 bits per heavy atom. The van der Waals surface area contributed by atoms with Gasteiger partial charge >= 0.3 is 0 Å². The zero-order chi connectivity index (χ0) is 13.7. The summed E-state index contributed by atoms with van der Waals surface area (Å²) < 4.78 is 1.84. The van der Waals surface area contributed by atoms with Gasteiger partial charge in [0.25, 0.3) is 0 Å². The maximum atomic E-state index is 4.54. The van der Waals surface area contributed by atoms with Crippen molar-refractivity contribution in [3.05, 3.63) is 47.5 Å². The molecule has 2 aromatic rings. The van der Waals surface area contributed by atoms with E-state index < -0.39 is 0 Å². The normalized spacial score (nSPS) is 12.6. The van der Waals surface area contributed by atoms with E-state index in [1.54, 1.807) is 0 Å². The first kappa shape index (κ1) is 13.7. The van der Waals surface area contributed by atoms with E-state index in [0.717, 1.165) is 30.8 Å². The Hall–Kier alpha value is -1.68. The minimum absolute atomic E-state index is 0.232. The smallest absolute Gasteiger partial charge is 0.0644 e. The van der Waals surface area contributed by atoms with Gasteiger partial charge in [0.1, 0.15) is 0 Å². The average molecular weight is 258 g/mol. The molecule has 0 amide bonds. The van der Waals surface area contributed by atoms with E-state index in [1.165, 1.54) is 5.56 Å². The maximum Gasteiger partial charge on any atom is 0.0644 e. The molecule has 0 saturated carbocycles. The molecule has 0 fully saturated rings. The Kier molecular flexibility index (Phi) is 4.68. The molecule has 1 atom stereocenters. The minimum atomic E-state index is 0.232. The molecule has 0 spiro atoms. The van der Waals surface area contributed by atoms with Gasteiger partial charge in [-0.2, -0.15) is 5.10 Å². The Balaban J connectivity index is 2.18. The van der Waals surface area contributed by atoms with E-state index in [4.69, 9.17) is 0 Å². The van der Waals surface area contributed by atoms with Crippen LogP contribution >= 0.6 is 0 Å². The van der Waals surface area contributed by atoms with Gasteiger partial charge < -0.3 is 5.32 Å². The van der Waals surface area contributed by atoms with Crippen molar-refractivity contribution in [2.75, 3.05) is 6.54 Å². The van der Waals surface area contributed by atoms with Crippen molar-refractivity contribution in [2.24, 2.45) is 7.05 Å². The monoisotopic (exact) mass is 258 g/mol. The number of hydrogen-bond acceptors (Lipinski definition) is 3. The van der Waals surface area contributed by atoms with Crippen LogP contribution in [0.15, 0.2) is 30.6 Å². The fourth-order valence-electron chi connectivity index (χ4n) is 2.23. The second-order valence-corrected chi connectivity index (χ2v) is 4.90. The molecule has 19 heavy (non-hydrogen) atoms. The lowest BCUT2D eigenvalue weighted by atomic mass is 10.0.